The topological polar surface area (TPSA) is 75.0 Å². The molecule has 0 spiro atoms. The number of nitrogens with one attached hydrogen (secondary N) is 1. The Kier molecular flexibility index (Phi) is 3.21. The van der Waals surface area contributed by atoms with E-state index in [-0.39, 0.29) is 5.91 Å². The van der Waals surface area contributed by atoms with Gasteiger partial charge in [-0.25, -0.2) is 0 Å². The van der Waals surface area contributed by atoms with Gasteiger partial charge in [-0.05, 0) is 38.0 Å². The van der Waals surface area contributed by atoms with Gasteiger partial charge in [0, 0.05) is 19.0 Å². The monoisotopic (exact) mass is 262 g/mol. The molecule has 0 bridgehead atoms. The van der Waals surface area contributed by atoms with Gasteiger partial charge in [-0.1, -0.05) is 6.92 Å². The van der Waals surface area contributed by atoms with E-state index >= 15 is 0 Å². The number of H-pyrrole nitrogens is 1. The number of hydrogen-bond acceptors (Lipinski definition) is 3. The molecule has 3 N–H and O–H groups in total. The molecule has 0 aliphatic heterocycles. The van der Waals surface area contributed by atoms with Crippen LogP contribution in [0.15, 0.2) is 0 Å². The summed E-state index contributed by atoms with van der Waals surface area (Å²) in [5, 5.41) is 7.13. The molecule has 2 aliphatic rings. The summed E-state index contributed by atoms with van der Waals surface area (Å²) in [6.45, 7) is 3.74. The molecule has 5 nitrogen and oxygen atoms in total. The lowest BCUT2D eigenvalue weighted by Crippen LogP contribution is -2.34. The summed E-state index contributed by atoms with van der Waals surface area (Å²) in [6.07, 6.45) is 5.77. The van der Waals surface area contributed by atoms with Crippen molar-refractivity contribution in [3.8, 4) is 0 Å². The van der Waals surface area contributed by atoms with Crippen molar-refractivity contribution in [2.75, 3.05) is 18.8 Å². The Morgan fingerprint density at radius 3 is 2.74 bits per heavy atom. The summed E-state index contributed by atoms with van der Waals surface area (Å²) in [7, 11) is 0. The highest BCUT2D eigenvalue weighted by Gasteiger charge is 2.33. The zero-order valence-corrected chi connectivity index (χ0v) is 11.5. The largest absolute Gasteiger partial charge is 0.395 e. The molecular formula is C14H22N4O. The Bertz CT molecular complexity index is 474. The van der Waals surface area contributed by atoms with Crippen molar-refractivity contribution in [1.82, 2.24) is 15.1 Å². The molecule has 0 atom stereocenters. The van der Waals surface area contributed by atoms with E-state index in [9.17, 15) is 4.79 Å². The molecular weight excluding hydrogens is 240 g/mol. The van der Waals surface area contributed by atoms with E-state index in [1.165, 1.54) is 12.8 Å². The molecule has 1 aromatic heterocycles. The quantitative estimate of drug-likeness (QED) is 0.824. The molecule has 0 aromatic carbocycles. The van der Waals surface area contributed by atoms with Crippen LogP contribution in [0.3, 0.4) is 0 Å². The van der Waals surface area contributed by atoms with Gasteiger partial charge in [0.25, 0.3) is 5.91 Å². The summed E-state index contributed by atoms with van der Waals surface area (Å²) < 4.78 is 0. The second-order valence-electron chi connectivity index (χ2n) is 5.87. The van der Waals surface area contributed by atoms with Crippen LogP contribution in [0.5, 0.6) is 0 Å². The van der Waals surface area contributed by atoms with Gasteiger partial charge in [0.2, 0.25) is 0 Å². The third kappa shape index (κ3) is 2.60. The van der Waals surface area contributed by atoms with Gasteiger partial charge in [0.15, 0.2) is 5.69 Å². The highest BCUT2D eigenvalue weighted by atomic mass is 16.2. The third-order valence-corrected chi connectivity index (χ3v) is 3.98. The number of aromatic nitrogens is 2. The standard InChI is InChI=1S/C14H22N4O/c1-2-7-18(8-9-3-4-9)14(19)13-11(15)12(16-17-13)10-5-6-10/h9-10H,2-8,15H2,1H3,(H,16,17). The number of nitrogen functional groups attached to an aromatic ring is 1. The van der Waals surface area contributed by atoms with Crippen LogP contribution < -0.4 is 5.73 Å². The van der Waals surface area contributed by atoms with Crippen LogP contribution in [0, 0.1) is 5.92 Å². The Labute approximate surface area is 113 Å². The van der Waals surface area contributed by atoms with Crippen LogP contribution in [-0.4, -0.2) is 34.1 Å². The van der Waals surface area contributed by atoms with Crippen LogP contribution in [0.25, 0.3) is 0 Å². The number of carbonyl (C=O) groups is 1. The average molecular weight is 262 g/mol. The number of carbonyl (C=O) groups excluding carboxylic acids is 1. The minimum atomic E-state index is -0.00519. The summed E-state index contributed by atoms with van der Waals surface area (Å²) >= 11 is 0. The second kappa shape index (κ2) is 4.87. The zero-order valence-electron chi connectivity index (χ0n) is 11.5. The van der Waals surface area contributed by atoms with Crippen molar-refractivity contribution in [3.63, 3.8) is 0 Å². The minimum absolute atomic E-state index is 0.00519. The van der Waals surface area contributed by atoms with E-state index in [2.05, 4.69) is 17.1 Å². The predicted octanol–water partition coefficient (Wildman–Crippen LogP) is 2.13. The van der Waals surface area contributed by atoms with Crippen molar-refractivity contribution in [2.45, 2.75) is 44.9 Å². The number of nitrogens with two attached hydrogens (primary N) is 1. The summed E-state index contributed by atoms with van der Waals surface area (Å²) in [5.74, 6) is 1.19. The highest BCUT2D eigenvalue weighted by Crippen LogP contribution is 2.42. The minimum Gasteiger partial charge on any atom is -0.395 e. The van der Waals surface area contributed by atoms with E-state index in [4.69, 9.17) is 5.73 Å². The van der Waals surface area contributed by atoms with Gasteiger partial charge in [0.1, 0.15) is 0 Å². The van der Waals surface area contributed by atoms with Crippen LogP contribution in [0.2, 0.25) is 0 Å². The van der Waals surface area contributed by atoms with Gasteiger partial charge < -0.3 is 10.6 Å². The Morgan fingerprint density at radius 2 is 2.16 bits per heavy atom. The van der Waals surface area contributed by atoms with Gasteiger partial charge in [0.05, 0.1) is 11.4 Å². The second-order valence-corrected chi connectivity index (χ2v) is 5.87. The number of aromatic amines is 1. The van der Waals surface area contributed by atoms with Crippen LogP contribution in [0.1, 0.15) is 61.1 Å². The smallest absolute Gasteiger partial charge is 0.276 e. The molecule has 5 heteroatoms. The maximum atomic E-state index is 12.5. The lowest BCUT2D eigenvalue weighted by atomic mass is 10.2. The predicted molar refractivity (Wildman–Crippen MR) is 73.9 cm³/mol. The summed E-state index contributed by atoms with van der Waals surface area (Å²) in [4.78, 5) is 14.5. The molecule has 104 valence electrons. The molecule has 0 radical (unpaired) electrons. The van der Waals surface area contributed by atoms with Gasteiger partial charge >= 0.3 is 0 Å². The van der Waals surface area contributed by atoms with Crippen LogP contribution >= 0.6 is 0 Å². The third-order valence-electron chi connectivity index (χ3n) is 3.98. The number of amides is 1. The first-order valence-corrected chi connectivity index (χ1v) is 7.33. The SMILES string of the molecule is CCCN(CC1CC1)C(=O)c1n[nH]c(C2CC2)c1N. The van der Waals surface area contributed by atoms with Gasteiger partial charge in [-0.15, -0.1) is 0 Å². The summed E-state index contributed by atoms with van der Waals surface area (Å²) in [6, 6.07) is 0. The van der Waals surface area contributed by atoms with Gasteiger partial charge in [-0.3, -0.25) is 9.89 Å². The first-order chi connectivity index (χ1) is 9.20. The molecule has 3 rings (SSSR count). The molecule has 1 aromatic rings. The van der Waals surface area contributed by atoms with E-state index in [1.54, 1.807) is 0 Å². The Balaban J connectivity index is 1.76. The van der Waals surface area contributed by atoms with E-state index in [0.29, 0.717) is 23.2 Å². The first kappa shape index (κ1) is 12.5. The van der Waals surface area contributed by atoms with Crippen molar-refractivity contribution in [3.05, 3.63) is 11.4 Å². The highest BCUT2D eigenvalue weighted by molar-refractivity contribution is 5.97. The maximum Gasteiger partial charge on any atom is 0.276 e. The molecule has 2 saturated carbocycles. The lowest BCUT2D eigenvalue weighted by molar-refractivity contribution is 0.0743. The maximum absolute atomic E-state index is 12.5. The van der Waals surface area contributed by atoms with Crippen molar-refractivity contribution in [2.24, 2.45) is 5.92 Å². The fraction of sp³-hybridized carbons (Fsp3) is 0.714. The molecule has 1 heterocycles. The van der Waals surface area contributed by atoms with Crippen LogP contribution in [-0.2, 0) is 0 Å². The number of hydrogen-bond donors (Lipinski definition) is 2. The van der Waals surface area contributed by atoms with Crippen LogP contribution in [0.4, 0.5) is 5.69 Å². The zero-order chi connectivity index (χ0) is 13.4. The Morgan fingerprint density at radius 1 is 1.42 bits per heavy atom. The average Bonchev–Trinajstić information content (AvgIpc) is 3.29. The number of rotatable bonds is 6. The molecule has 2 fully saturated rings. The molecule has 2 aliphatic carbocycles. The molecule has 19 heavy (non-hydrogen) atoms. The molecule has 1 amide bonds. The van der Waals surface area contributed by atoms with Crippen molar-refractivity contribution >= 4 is 11.6 Å². The van der Waals surface area contributed by atoms with E-state index < -0.39 is 0 Å². The number of anilines is 1. The fourth-order valence-electron chi connectivity index (χ4n) is 2.52. The van der Waals surface area contributed by atoms with E-state index in [1.807, 2.05) is 4.90 Å². The molecule has 0 unspecified atom stereocenters. The summed E-state index contributed by atoms with van der Waals surface area (Å²) in [5.41, 5.74) is 8.05. The lowest BCUT2D eigenvalue weighted by Gasteiger charge is -2.21. The van der Waals surface area contributed by atoms with E-state index in [0.717, 1.165) is 38.0 Å². The van der Waals surface area contributed by atoms with Crippen molar-refractivity contribution < 1.29 is 4.79 Å². The number of nitrogens with zero attached hydrogens (tertiary/aromatic N) is 2. The first-order valence-electron chi connectivity index (χ1n) is 7.33. The Hall–Kier alpha value is -1.52. The fourth-order valence-corrected chi connectivity index (χ4v) is 2.52. The normalized spacial score (nSPS) is 18.6. The van der Waals surface area contributed by atoms with Crippen molar-refractivity contribution in [1.29, 1.82) is 0 Å². The molecule has 0 saturated heterocycles. The van der Waals surface area contributed by atoms with Gasteiger partial charge in [-0.2, -0.15) is 5.10 Å².